The van der Waals surface area contributed by atoms with Crippen LogP contribution in [-0.4, -0.2) is 16.2 Å². The zero-order valence-corrected chi connectivity index (χ0v) is 14.2. The molecule has 3 aromatic carbocycles. The average molecular weight is 364 g/mol. The molecule has 0 unspecified atom stereocenters. The largest absolute Gasteiger partial charge is 0.508 e. The third-order valence-electron chi connectivity index (χ3n) is 4.76. The SMILES string of the molecule is O=C1OC2(c3ccc(O)cc3Oc3cc(O)ccc32)c2ccc(S)cc21. The Hall–Kier alpha value is -3.12. The van der Waals surface area contributed by atoms with Gasteiger partial charge in [0.2, 0.25) is 0 Å². The highest BCUT2D eigenvalue weighted by atomic mass is 32.1. The van der Waals surface area contributed by atoms with Gasteiger partial charge in [0, 0.05) is 33.7 Å². The molecular weight excluding hydrogens is 352 g/mol. The van der Waals surface area contributed by atoms with Crippen molar-refractivity contribution in [2.24, 2.45) is 0 Å². The molecule has 0 aromatic heterocycles. The van der Waals surface area contributed by atoms with Crippen molar-refractivity contribution in [1.29, 1.82) is 0 Å². The zero-order valence-electron chi connectivity index (χ0n) is 13.3. The van der Waals surface area contributed by atoms with E-state index in [0.717, 1.165) is 0 Å². The van der Waals surface area contributed by atoms with Gasteiger partial charge in [-0.25, -0.2) is 4.79 Å². The number of rotatable bonds is 0. The second kappa shape index (κ2) is 4.95. The molecule has 0 fully saturated rings. The van der Waals surface area contributed by atoms with Crippen LogP contribution in [-0.2, 0) is 10.3 Å². The molecule has 128 valence electrons. The van der Waals surface area contributed by atoms with Crippen molar-refractivity contribution in [3.63, 3.8) is 0 Å². The molecule has 26 heavy (non-hydrogen) atoms. The highest BCUT2D eigenvalue weighted by Crippen LogP contribution is 2.57. The van der Waals surface area contributed by atoms with Crippen molar-refractivity contribution >= 4 is 18.6 Å². The van der Waals surface area contributed by atoms with Crippen LogP contribution in [0.2, 0.25) is 0 Å². The predicted octanol–water partition coefficient (Wildman–Crippen LogP) is 3.95. The third-order valence-corrected chi connectivity index (χ3v) is 5.04. The van der Waals surface area contributed by atoms with Crippen molar-refractivity contribution in [1.82, 2.24) is 0 Å². The molecule has 0 atom stereocenters. The number of carbonyl (C=O) groups excluding carboxylic acids is 1. The van der Waals surface area contributed by atoms with Crippen LogP contribution >= 0.6 is 12.6 Å². The Morgan fingerprint density at radius 3 is 2.00 bits per heavy atom. The number of carbonyl (C=O) groups is 1. The maximum Gasteiger partial charge on any atom is 0.340 e. The molecule has 2 heterocycles. The van der Waals surface area contributed by atoms with Gasteiger partial charge in [-0.3, -0.25) is 0 Å². The van der Waals surface area contributed by atoms with E-state index in [2.05, 4.69) is 12.6 Å². The summed E-state index contributed by atoms with van der Waals surface area (Å²) >= 11 is 4.32. The number of aromatic hydroxyl groups is 2. The van der Waals surface area contributed by atoms with Gasteiger partial charge in [-0.05, 0) is 36.4 Å². The molecule has 0 saturated heterocycles. The van der Waals surface area contributed by atoms with E-state index < -0.39 is 11.6 Å². The highest BCUT2D eigenvalue weighted by Gasteiger charge is 2.53. The Balaban J connectivity index is 1.90. The summed E-state index contributed by atoms with van der Waals surface area (Å²) in [6.07, 6.45) is 0. The first-order valence-electron chi connectivity index (χ1n) is 7.91. The number of hydrogen-bond acceptors (Lipinski definition) is 6. The number of benzene rings is 3. The fraction of sp³-hybridized carbons (Fsp3) is 0.0500. The number of fused-ring (bicyclic) bond motifs is 6. The monoisotopic (exact) mass is 364 g/mol. The van der Waals surface area contributed by atoms with E-state index in [0.29, 0.717) is 38.6 Å². The van der Waals surface area contributed by atoms with E-state index in [1.807, 2.05) is 0 Å². The molecule has 2 aliphatic rings. The normalized spacial score (nSPS) is 15.7. The van der Waals surface area contributed by atoms with Crippen LogP contribution in [0.25, 0.3) is 0 Å². The summed E-state index contributed by atoms with van der Waals surface area (Å²) in [7, 11) is 0. The standard InChI is InChI=1S/C20H12O5S/c21-10-1-4-15-17(7-10)24-18-8-11(22)2-5-16(18)20(15)14-6-3-12(26)9-13(14)19(23)25-20/h1-9,21-22,26H. The van der Waals surface area contributed by atoms with E-state index in [9.17, 15) is 15.0 Å². The summed E-state index contributed by atoms with van der Waals surface area (Å²) in [5.74, 6) is 0.309. The topological polar surface area (TPSA) is 76.0 Å². The predicted molar refractivity (Wildman–Crippen MR) is 95.3 cm³/mol. The molecule has 0 bridgehead atoms. The van der Waals surface area contributed by atoms with Gasteiger partial charge in [-0.1, -0.05) is 6.07 Å². The number of esters is 1. The quantitative estimate of drug-likeness (QED) is 0.416. The number of thiol groups is 1. The molecular formula is C20H12O5S. The first-order valence-corrected chi connectivity index (χ1v) is 8.35. The van der Waals surface area contributed by atoms with Crippen LogP contribution < -0.4 is 4.74 Å². The molecule has 2 N–H and O–H groups in total. The van der Waals surface area contributed by atoms with E-state index in [1.54, 1.807) is 30.3 Å². The van der Waals surface area contributed by atoms with Gasteiger partial charge < -0.3 is 19.7 Å². The lowest BCUT2D eigenvalue weighted by atomic mass is 9.77. The van der Waals surface area contributed by atoms with E-state index in [4.69, 9.17) is 9.47 Å². The summed E-state index contributed by atoms with van der Waals surface area (Å²) in [6, 6.07) is 14.6. The Kier molecular flexibility index (Phi) is 2.89. The Bertz CT molecular complexity index is 1050. The Morgan fingerprint density at radius 1 is 0.808 bits per heavy atom. The first-order chi connectivity index (χ1) is 12.5. The lowest BCUT2D eigenvalue weighted by Crippen LogP contribution is -2.32. The van der Waals surface area contributed by atoms with Crippen LogP contribution in [0.5, 0.6) is 23.0 Å². The van der Waals surface area contributed by atoms with E-state index in [1.165, 1.54) is 24.3 Å². The summed E-state index contributed by atoms with van der Waals surface area (Å²) in [4.78, 5) is 13.3. The maximum atomic E-state index is 12.6. The summed E-state index contributed by atoms with van der Waals surface area (Å²) in [5, 5.41) is 19.7. The van der Waals surface area contributed by atoms with Gasteiger partial charge in [0.1, 0.15) is 23.0 Å². The minimum Gasteiger partial charge on any atom is -0.508 e. The van der Waals surface area contributed by atoms with Crippen molar-refractivity contribution in [2.45, 2.75) is 10.5 Å². The minimum atomic E-state index is -1.21. The van der Waals surface area contributed by atoms with Crippen molar-refractivity contribution in [2.75, 3.05) is 0 Å². The molecule has 5 nitrogen and oxygen atoms in total. The van der Waals surface area contributed by atoms with Crippen molar-refractivity contribution in [3.05, 3.63) is 76.9 Å². The molecule has 6 heteroatoms. The van der Waals surface area contributed by atoms with Gasteiger partial charge in [0.25, 0.3) is 0 Å². The zero-order chi connectivity index (χ0) is 18.1. The lowest BCUT2D eigenvalue weighted by molar-refractivity contribution is 0.0224. The Labute approximate surface area is 153 Å². The fourth-order valence-electron chi connectivity index (χ4n) is 3.69. The number of ether oxygens (including phenoxy) is 2. The molecule has 5 rings (SSSR count). The number of phenols is 2. The molecule has 1 spiro atoms. The van der Waals surface area contributed by atoms with Gasteiger partial charge >= 0.3 is 5.97 Å². The molecule has 0 aliphatic carbocycles. The van der Waals surface area contributed by atoms with Crippen molar-refractivity contribution < 1.29 is 24.5 Å². The van der Waals surface area contributed by atoms with Gasteiger partial charge in [-0.2, -0.15) is 0 Å². The number of phenolic OH excluding ortho intramolecular Hbond substituents is 2. The molecule has 0 radical (unpaired) electrons. The van der Waals surface area contributed by atoms with Crippen LogP contribution in [0, 0.1) is 0 Å². The first kappa shape index (κ1) is 15.2. The van der Waals surface area contributed by atoms with Crippen LogP contribution in [0.4, 0.5) is 0 Å². The summed E-state index contributed by atoms with van der Waals surface area (Å²) < 4.78 is 11.8. The summed E-state index contributed by atoms with van der Waals surface area (Å²) in [5.41, 5.74) is 1.10. The van der Waals surface area contributed by atoms with Gasteiger partial charge in [-0.15, -0.1) is 12.6 Å². The van der Waals surface area contributed by atoms with Crippen LogP contribution in [0.1, 0.15) is 27.0 Å². The minimum absolute atomic E-state index is 0.0257. The van der Waals surface area contributed by atoms with E-state index in [-0.39, 0.29) is 11.5 Å². The van der Waals surface area contributed by atoms with E-state index >= 15 is 0 Å². The molecule has 2 aliphatic heterocycles. The molecule has 0 saturated carbocycles. The fourth-order valence-corrected chi connectivity index (χ4v) is 3.90. The molecule has 0 amide bonds. The second-order valence-electron chi connectivity index (χ2n) is 6.26. The Morgan fingerprint density at radius 2 is 1.38 bits per heavy atom. The van der Waals surface area contributed by atoms with Crippen LogP contribution in [0.3, 0.4) is 0 Å². The number of hydrogen-bond donors (Lipinski definition) is 3. The molecule has 3 aromatic rings. The summed E-state index contributed by atoms with van der Waals surface area (Å²) in [6.45, 7) is 0. The average Bonchev–Trinajstić information content (AvgIpc) is 2.87. The third kappa shape index (κ3) is 1.84. The second-order valence-corrected chi connectivity index (χ2v) is 6.78. The highest BCUT2D eigenvalue weighted by molar-refractivity contribution is 7.80. The van der Waals surface area contributed by atoms with Gasteiger partial charge in [0.05, 0.1) is 5.56 Å². The smallest absolute Gasteiger partial charge is 0.340 e. The van der Waals surface area contributed by atoms with Crippen LogP contribution in [0.15, 0.2) is 59.5 Å². The maximum absolute atomic E-state index is 12.6. The lowest BCUT2D eigenvalue weighted by Gasteiger charge is -2.36. The van der Waals surface area contributed by atoms with Crippen molar-refractivity contribution in [3.8, 4) is 23.0 Å². The van der Waals surface area contributed by atoms with Gasteiger partial charge in [0.15, 0.2) is 5.60 Å².